The second-order valence-corrected chi connectivity index (χ2v) is 6.86. The first-order valence-electron chi connectivity index (χ1n) is 7.85. The number of fused-ring (bicyclic) bond motifs is 1. The molecule has 0 spiro atoms. The van der Waals surface area contributed by atoms with Crippen molar-refractivity contribution >= 4 is 33.5 Å². The zero-order chi connectivity index (χ0) is 17.3. The number of para-hydroxylation sites is 1. The molecule has 0 aromatic heterocycles. The van der Waals surface area contributed by atoms with E-state index in [-0.39, 0.29) is 11.9 Å². The average molecular weight is 388 g/mol. The molecule has 1 aliphatic heterocycles. The van der Waals surface area contributed by atoms with Gasteiger partial charge < -0.3 is 9.64 Å². The summed E-state index contributed by atoms with van der Waals surface area (Å²) in [7, 11) is 0. The Morgan fingerprint density at radius 2 is 1.83 bits per heavy atom. The highest BCUT2D eigenvalue weighted by molar-refractivity contribution is 9.10. The molecule has 0 saturated heterocycles. The van der Waals surface area contributed by atoms with E-state index in [0.717, 1.165) is 22.1 Å². The van der Waals surface area contributed by atoms with E-state index >= 15 is 0 Å². The van der Waals surface area contributed by atoms with Gasteiger partial charge in [-0.3, -0.25) is 4.79 Å². The van der Waals surface area contributed by atoms with Gasteiger partial charge in [0.2, 0.25) is 0 Å². The van der Waals surface area contributed by atoms with Gasteiger partial charge in [-0.15, -0.1) is 0 Å². The predicted molar refractivity (Wildman–Crippen MR) is 96.1 cm³/mol. The number of hydrogen-bond donors (Lipinski definition) is 0. The van der Waals surface area contributed by atoms with Crippen molar-refractivity contribution in [2.24, 2.45) is 0 Å². The minimum Gasteiger partial charge on any atom is -0.449 e. The van der Waals surface area contributed by atoms with Crippen LogP contribution in [0.4, 0.5) is 5.69 Å². The summed E-state index contributed by atoms with van der Waals surface area (Å²) < 4.78 is 6.25. The summed E-state index contributed by atoms with van der Waals surface area (Å²) in [5, 5.41) is 0. The number of hydrogen-bond acceptors (Lipinski definition) is 3. The number of carbonyl (C=O) groups excluding carboxylic acids is 2. The Balaban J connectivity index is 1.73. The Hall–Kier alpha value is -2.14. The summed E-state index contributed by atoms with van der Waals surface area (Å²) in [6, 6.07) is 14.8. The third-order valence-corrected chi connectivity index (χ3v) is 4.68. The van der Waals surface area contributed by atoms with Gasteiger partial charge in [-0.1, -0.05) is 34.1 Å². The van der Waals surface area contributed by atoms with Crippen molar-refractivity contribution in [3.8, 4) is 0 Å². The second-order valence-electron chi connectivity index (χ2n) is 5.94. The molecule has 2 atom stereocenters. The number of nitrogens with zero attached hydrogens (tertiary/aromatic N) is 1. The van der Waals surface area contributed by atoms with Gasteiger partial charge in [0.1, 0.15) is 0 Å². The highest BCUT2D eigenvalue weighted by atomic mass is 79.9. The van der Waals surface area contributed by atoms with Gasteiger partial charge in [0.25, 0.3) is 5.91 Å². The van der Waals surface area contributed by atoms with Gasteiger partial charge >= 0.3 is 5.97 Å². The molecule has 0 radical (unpaired) electrons. The third kappa shape index (κ3) is 3.22. The van der Waals surface area contributed by atoms with Gasteiger partial charge in [-0.25, -0.2) is 4.79 Å². The standard InChI is InChI=1S/C19H18BrNO3/c1-12-11-15-5-3-4-6-17(15)21(12)18(22)13(2)24-19(23)14-7-9-16(20)10-8-14/h3-10,12-13H,11H2,1-2H3/t12-,13+/m1/s1. The van der Waals surface area contributed by atoms with Crippen LogP contribution in [0.3, 0.4) is 0 Å². The molecule has 1 heterocycles. The van der Waals surface area contributed by atoms with Gasteiger partial charge in [0, 0.05) is 16.2 Å². The maximum atomic E-state index is 12.8. The average Bonchev–Trinajstić information content (AvgIpc) is 2.90. The number of esters is 1. The maximum absolute atomic E-state index is 12.8. The molecule has 5 heteroatoms. The van der Waals surface area contributed by atoms with E-state index in [9.17, 15) is 9.59 Å². The molecular formula is C19H18BrNO3. The summed E-state index contributed by atoms with van der Waals surface area (Å²) in [6.07, 6.45) is -0.0234. The Morgan fingerprint density at radius 3 is 2.54 bits per heavy atom. The fourth-order valence-electron chi connectivity index (χ4n) is 2.96. The SMILES string of the molecule is C[C@H](OC(=O)c1ccc(Br)cc1)C(=O)N1c2ccccc2C[C@H]1C. The minimum atomic E-state index is -0.838. The number of halogens is 1. The molecule has 0 N–H and O–H groups in total. The summed E-state index contributed by atoms with van der Waals surface area (Å²) >= 11 is 3.32. The Labute approximate surface area is 149 Å². The largest absolute Gasteiger partial charge is 0.449 e. The monoisotopic (exact) mass is 387 g/mol. The van der Waals surface area contributed by atoms with Crippen LogP contribution in [-0.2, 0) is 16.0 Å². The summed E-state index contributed by atoms with van der Waals surface area (Å²) in [5.41, 5.74) is 2.47. The van der Waals surface area contributed by atoms with Crippen molar-refractivity contribution in [1.29, 1.82) is 0 Å². The highest BCUT2D eigenvalue weighted by Crippen LogP contribution is 2.32. The number of ether oxygens (including phenoxy) is 1. The molecule has 0 saturated carbocycles. The molecule has 0 bridgehead atoms. The van der Waals surface area contributed by atoms with Crippen LogP contribution < -0.4 is 4.90 Å². The summed E-state index contributed by atoms with van der Waals surface area (Å²) in [5.74, 6) is -0.693. The lowest BCUT2D eigenvalue weighted by Crippen LogP contribution is -2.43. The molecule has 4 nitrogen and oxygen atoms in total. The van der Waals surface area contributed by atoms with Crippen LogP contribution in [0.1, 0.15) is 29.8 Å². The van der Waals surface area contributed by atoms with E-state index in [1.54, 1.807) is 36.1 Å². The van der Waals surface area contributed by atoms with Crippen LogP contribution >= 0.6 is 15.9 Å². The zero-order valence-electron chi connectivity index (χ0n) is 13.5. The van der Waals surface area contributed by atoms with Crippen LogP contribution in [0.2, 0.25) is 0 Å². The van der Waals surface area contributed by atoms with E-state index in [1.807, 2.05) is 31.2 Å². The van der Waals surface area contributed by atoms with Gasteiger partial charge in [0.15, 0.2) is 6.10 Å². The van der Waals surface area contributed by atoms with Crippen molar-refractivity contribution in [3.63, 3.8) is 0 Å². The van der Waals surface area contributed by atoms with E-state index in [2.05, 4.69) is 15.9 Å². The molecule has 2 aromatic rings. The molecule has 1 aliphatic rings. The first-order valence-corrected chi connectivity index (χ1v) is 8.64. The normalized spacial score (nSPS) is 17.3. The summed E-state index contributed by atoms with van der Waals surface area (Å²) in [6.45, 7) is 3.62. The number of anilines is 1. The van der Waals surface area contributed by atoms with Crippen molar-refractivity contribution < 1.29 is 14.3 Å². The molecule has 24 heavy (non-hydrogen) atoms. The Morgan fingerprint density at radius 1 is 1.17 bits per heavy atom. The fraction of sp³-hybridized carbons (Fsp3) is 0.263. The topological polar surface area (TPSA) is 46.6 Å². The summed E-state index contributed by atoms with van der Waals surface area (Å²) in [4.78, 5) is 26.7. The number of benzene rings is 2. The fourth-order valence-corrected chi connectivity index (χ4v) is 3.23. The van der Waals surface area contributed by atoms with Gasteiger partial charge in [-0.05, 0) is 56.2 Å². The zero-order valence-corrected chi connectivity index (χ0v) is 15.1. The molecule has 3 rings (SSSR count). The molecule has 0 fully saturated rings. The smallest absolute Gasteiger partial charge is 0.338 e. The van der Waals surface area contributed by atoms with Crippen LogP contribution in [0.5, 0.6) is 0 Å². The van der Waals surface area contributed by atoms with Crippen molar-refractivity contribution in [2.75, 3.05) is 4.90 Å². The lowest BCUT2D eigenvalue weighted by atomic mass is 10.1. The first kappa shape index (κ1) is 16.7. The van der Waals surface area contributed by atoms with E-state index in [4.69, 9.17) is 4.74 Å². The number of carbonyl (C=O) groups is 2. The molecular weight excluding hydrogens is 370 g/mol. The van der Waals surface area contributed by atoms with Crippen LogP contribution in [0, 0.1) is 0 Å². The molecule has 0 aliphatic carbocycles. The molecule has 0 unspecified atom stereocenters. The first-order chi connectivity index (χ1) is 11.5. The molecule has 2 aromatic carbocycles. The van der Waals surface area contributed by atoms with Gasteiger partial charge in [0.05, 0.1) is 5.56 Å². The minimum absolute atomic E-state index is 0.0590. The van der Waals surface area contributed by atoms with Crippen LogP contribution in [-0.4, -0.2) is 24.0 Å². The molecule has 124 valence electrons. The van der Waals surface area contributed by atoms with E-state index in [1.165, 1.54) is 0 Å². The van der Waals surface area contributed by atoms with Crippen molar-refractivity contribution in [3.05, 3.63) is 64.1 Å². The second kappa shape index (κ2) is 6.77. The maximum Gasteiger partial charge on any atom is 0.338 e. The van der Waals surface area contributed by atoms with Crippen LogP contribution in [0.15, 0.2) is 53.0 Å². The lowest BCUT2D eigenvalue weighted by Gasteiger charge is -2.25. The Kier molecular flexibility index (Phi) is 4.71. The van der Waals surface area contributed by atoms with E-state index in [0.29, 0.717) is 5.56 Å². The van der Waals surface area contributed by atoms with Gasteiger partial charge in [-0.2, -0.15) is 0 Å². The quantitative estimate of drug-likeness (QED) is 0.748. The van der Waals surface area contributed by atoms with E-state index < -0.39 is 12.1 Å². The van der Waals surface area contributed by atoms with Crippen molar-refractivity contribution in [1.82, 2.24) is 0 Å². The van der Waals surface area contributed by atoms with Crippen molar-refractivity contribution in [2.45, 2.75) is 32.4 Å². The molecule has 1 amide bonds. The lowest BCUT2D eigenvalue weighted by molar-refractivity contribution is -0.126. The van der Waals surface area contributed by atoms with Crippen LogP contribution in [0.25, 0.3) is 0 Å². The number of amides is 1. The Bertz CT molecular complexity index is 772. The number of rotatable bonds is 3. The highest BCUT2D eigenvalue weighted by Gasteiger charge is 2.34. The predicted octanol–water partition coefficient (Wildman–Crippen LogP) is 3.97. The third-order valence-electron chi connectivity index (χ3n) is 4.16.